The lowest BCUT2D eigenvalue weighted by molar-refractivity contribution is -0.126. The third kappa shape index (κ3) is 3.82. The highest BCUT2D eigenvalue weighted by Crippen LogP contribution is 2.43. The van der Waals surface area contributed by atoms with E-state index in [1.807, 2.05) is 6.92 Å². The van der Waals surface area contributed by atoms with Gasteiger partial charge >= 0.3 is 0 Å². The molecular weight excluding hydrogens is 304 g/mol. The second-order valence-electron chi connectivity index (χ2n) is 7.21. The fraction of sp³-hybridized carbons (Fsp3) is 0.875. The summed E-state index contributed by atoms with van der Waals surface area (Å²) >= 11 is 0. The van der Waals surface area contributed by atoms with Crippen LogP contribution < -0.4 is 5.32 Å². The number of amides is 1. The molecule has 1 aliphatic carbocycles. The molecule has 0 aromatic heterocycles. The van der Waals surface area contributed by atoms with Crippen LogP contribution in [-0.4, -0.2) is 54.2 Å². The smallest absolute Gasteiger partial charge is 0.269 e. The van der Waals surface area contributed by atoms with E-state index in [0.29, 0.717) is 31.8 Å². The van der Waals surface area contributed by atoms with Crippen LogP contribution in [0.25, 0.3) is 0 Å². The van der Waals surface area contributed by atoms with E-state index >= 15 is 0 Å². The molecule has 0 aromatic carbocycles. The molecule has 1 saturated carbocycles. The van der Waals surface area contributed by atoms with Crippen molar-refractivity contribution in [1.29, 1.82) is 0 Å². The first-order valence-corrected chi connectivity index (χ1v) is 8.55. The highest BCUT2D eigenvalue weighted by atomic mass is 19.3. The minimum Gasteiger partial charge on any atom is -0.387 e. The molecule has 3 rings (SSSR count). The Bertz CT molecular complexity index is 490. The van der Waals surface area contributed by atoms with E-state index in [1.54, 1.807) is 0 Å². The van der Waals surface area contributed by atoms with Crippen molar-refractivity contribution in [3.05, 3.63) is 0 Å². The number of carbonyl (C=O) groups excluding carboxylic acids is 1. The predicted octanol–water partition coefficient (Wildman–Crippen LogP) is 2.17. The van der Waals surface area contributed by atoms with E-state index in [0.717, 1.165) is 25.8 Å². The monoisotopic (exact) mass is 329 g/mol. The lowest BCUT2D eigenvalue weighted by Gasteiger charge is -2.43. The number of rotatable bonds is 5. The summed E-state index contributed by atoms with van der Waals surface area (Å²) in [5.74, 6) is -2.54. The van der Waals surface area contributed by atoms with Crippen molar-refractivity contribution in [2.24, 2.45) is 11.1 Å². The van der Waals surface area contributed by atoms with Crippen LogP contribution >= 0.6 is 0 Å². The molecule has 1 N–H and O–H groups in total. The van der Waals surface area contributed by atoms with E-state index in [-0.39, 0.29) is 24.7 Å². The molecule has 1 amide bonds. The molecule has 2 aliphatic heterocycles. The van der Waals surface area contributed by atoms with Gasteiger partial charge in [-0.05, 0) is 31.7 Å². The summed E-state index contributed by atoms with van der Waals surface area (Å²) in [5, 5.41) is 6.81. The molecule has 5 nitrogen and oxygen atoms in total. The molecule has 3 aliphatic rings. The third-order valence-corrected chi connectivity index (χ3v) is 4.95. The Hall–Kier alpha value is -1.24. The average Bonchev–Trinajstić information content (AvgIpc) is 2.86. The van der Waals surface area contributed by atoms with Gasteiger partial charge < -0.3 is 10.2 Å². The van der Waals surface area contributed by atoms with Crippen molar-refractivity contribution in [3.8, 4) is 0 Å². The number of piperidine rings is 1. The number of hydrogen-bond donors (Lipinski definition) is 1. The minimum atomic E-state index is -2.46. The van der Waals surface area contributed by atoms with Gasteiger partial charge in [0.05, 0.1) is 0 Å². The zero-order valence-corrected chi connectivity index (χ0v) is 13.6. The van der Waals surface area contributed by atoms with Gasteiger partial charge in [-0.3, -0.25) is 9.69 Å². The first-order chi connectivity index (χ1) is 10.9. The molecule has 0 radical (unpaired) electrons. The number of halogens is 2. The summed E-state index contributed by atoms with van der Waals surface area (Å²) < 4.78 is 25.9. The van der Waals surface area contributed by atoms with Gasteiger partial charge in [-0.1, -0.05) is 12.1 Å². The Morgan fingerprint density at radius 2 is 2.26 bits per heavy atom. The molecule has 130 valence electrons. The fourth-order valence-electron chi connectivity index (χ4n) is 3.83. The maximum Gasteiger partial charge on any atom is 0.269 e. The predicted molar refractivity (Wildman–Crippen MR) is 82.5 cm³/mol. The van der Waals surface area contributed by atoms with Crippen molar-refractivity contribution in [1.82, 2.24) is 10.2 Å². The topological polar surface area (TPSA) is 53.9 Å². The maximum absolute atomic E-state index is 13.0. The van der Waals surface area contributed by atoms with Crippen LogP contribution in [0, 0.1) is 5.92 Å². The molecule has 2 fully saturated rings. The Morgan fingerprint density at radius 1 is 1.48 bits per heavy atom. The fourth-order valence-corrected chi connectivity index (χ4v) is 3.83. The molecule has 23 heavy (non-hydrogen) atoms. The lowest BCUT2D eigenvalue weighted by Crippen LogP contribution is -2.52. The van der Waals surface area contributed by atoms with Gasteiger partial charge in [0.1, 0.15) is 5.71 Å². The van der Waals surface area contributed by atoms with E-state index in [2.05, 4.69) is 15.4 Å². The van der Waals surface area contributed by atoms with Crippen molar-refractivity contribution in [3.63, 3.8) is 0 Å². The molecule has 2 heterocycles. The van der Waals surface area contributed by atoms with Crippen LogP contribution in [0.2, 0.25) is 0 Å². The standard InChI is InChI=1S/C16H25F2N3O2/c1-2-5-19-14(22)13-9-15(23-20-13)4-3-6-21(11-15)10-12-7-16(17,18)8-12/h12H,2-11H2,1H3,(H,19,22)/t15-/m0/s1. The molecule has 1 atom stereocenters. The van der Waals surface area contributed by atoms with Gasteiger partial charge in [-0.15, -0.1) is 0 Å². The first-order valence-electron chi connectivity index (χ1n) is 8.55. The first kappa shape index (κ1) is 16.6. The Kier molecular flexibility index (Phi) is 4.58. The van der Waals surface area contributed by atoms with Crippen LogP contribution in [0.5, 0.6) is 0 Å². The number of hydrogen-bond acceptors (Lipinski definition) is 4. The van der Waals surface area contributed by atoms with Gasteiger partial charge in [0.25, 0.3) is 5.91 Å². The summed E-state index contributed by atoms with van der Waals surface area (Å²) in [5.41, 5.74) is 0.0131. The zero-order valence-electron chi connectivity index (χ0n) is 13.6. The molecule has 0 unspecified atom stereocenters. The largest absolute Gasteiger partial charge is 0.387 e. The third-order valence-electron chi connectivity index (χ3n) is 4.95. The summed E-state index contributed by atoms with van der Waals surface area (Å²) in [4.78, 5) is 19.8. The Labute approximate surface area is 135 Å². The Morgan fingerprint density at radius 3 is 2.96 bits per heavy atom. The summed E-state index contributed by atoms with van der Waals surface area (Å²) in [6.45, 7) is 4.90. The summed E-state index contributed by atoms with van der Waals surface area (Å²) in [6.07, 6.45) is 3.20. The van der Waals surface area contributed by atoms with Crippen LogP contribution in [-0.2, 0) is 9.63 Å². The van der Waals surface area contributed by atoms with Gasteiger partial charge in [0, 0.05) is 38.9 Å². The highest BCUT2D eigenvalue weighted by molar-refractivity contribution is 6.39. The van der Waals surface area contributed by atoms with Gasteiger partial charge in [-0.2, -0.15) is 0 Å². The van der Waals surface area contributed by atoms with Crippen molar-refractivity contribution < 1.29 is 18.4 Å². The molecule has 1 saturated heterocycles. The van der Waals surface area contributed by atoms with Gasteiger partial charge in [-0.25, -0.2) is 8.78 Å². The van der Waals surface area contributed by atoms with Crippen LogP contribution in [0.1, 0.15) is 45.4 Å². The van der Waals surface area contributed by atoms with Crippen molar-refractivity contribution >= 4 is 11.6 Å². The van der Waals surface area contributed by atoms with Crippen molar-refractivity contribution in [2.75, 3.05) is 26.2 Å². The van der Waals surface area contributed by atoms with Crippen LogP contribution in [0.15, 0.2) is 5.16 Å². The molecule has 1 spiro atoms. The zero-order chi connectivity index (χ0) is 16.5. The van der Waals surface area contributed by atoms with Crippen LogP contribution in [0.3, 0.4) is 0 Å². The molecule has 0 bridgehead atoms. The Balaban J connectivity index is 1.50. The second kappa shape index (κ2) is 6.34. The maximum atomic E-state index is 13.0. The number of oxime groups is 1. The van der Waals surface area contributed by atoms with Gasteiger partial charge in [0.15, 0.2) is 5.60 Å². The minimum absolute atomic E-state index is 0.00146. The normalized spacial score (nSPS) is 30.7. The van der Waals surface area contributed by atoms with E-state index in [4.69, 9.17) is 4.84 Å². The van der Waals surface area contributed by atoms with Gasteiger partial charge in [0.2, 0.25) is 5.92 Å². The second-order valence-corrected chi connectivity index (χ2v) is 7.21. The lowest BCUT2D eigenvalue weighted by atomic mass is 9.80. The summed E-state index contributed by atoms with van der Waals surface area (Å²) in [7, 11) is 0. The van der Waals surface area contributed by atoms with Crippen LogP contribution in [0.4, 0.5) is 8.78 Å². The van der Waals surface area contributed by atoms with E-state index < -0.39 is 11.5 Å². The van der Waals surface area contributed by atoms with E-state index in [1.165, 1.54) is 0 Å². The molecule has 0 aromatic rings. The quantitative estimate of drug-likeness (QED) is 0.841. The number of alkyl halides is 2. The summed E-state index contributed by atoms with van der Waals surface area (Å²) in [6, 6.07) is 0. The van der Waals surface area contributed by atoms with Crippen molar-refractivity contribution in [2.45, 2.75) is 57.0 Å². The average molecular weight is 329 g/mol. The number of carbonyl (C=O) groups is 1. The number of nitrogens with one attached hydrogen (secondary N) is 1. The molecular formula is C16H25F2N3O2. The number of likely N-dealkylation sites (tertiary alicyclic amines) is 1. The number of nitrogens with zero attached hydrogens (tertiary/aromatic N) is 2. The molecule has 7 heteroatoms. The highest BCUT2D eigenvalue weighted by Gasteiger charge is 2.48. The SMILES string of the molecule is CCCNC(=O)C1=NO[C@@]2(CCCN(CC3CC(F)(F)C3)C2)C1. The van der Waals surface area contributed by atoms with E-state index in [9.17, 15) is 13.6 Å².